The van der Waals surface area contributed by atoms with Gasteiger partial charge < -0.3 is 10.6 Å². The molecule has 0 fully saturated rings. The van der Waals surface area contributed by atoms with Gasteiger partial charge >= 0.3 is 0 Å². The Morgan fingerprint density at radius 2 is 1.74 bits per heavy atom. The molecule has 0 unspecified atom stereocenters. The van der Waals surface area contributed by atoms with Crippen LogP contribution in [0.4, 0.5) is 5.95 Å². The molecule has 0 saturated carbocycles. The number of anilines is 1. The van der Waals surface area contributed by atoms with Crippen molar-refractivity contribution in [1.29, 1.82) is 0 Å². The zero-order chi connectivity index (χ0) is 19.9. The number of carbonyl (C=O) groups is 1. The van der Waals surface area contributed by atoms with E-state index >= 15 is 0 Å². The summed E-state index contributed by atoms with van der Waals surface area (Å²) in [4.78, 5) is 20.5. The number of nitrogens with two attached hydrogens (primary N) is 1. The summed E-state index contributed by atoms with van der Waals surface area (Å²) in [5.74, 6) is 0.838. The number of amides is 1. The van der Waals surface area contributed by atoms with Crippen molar-refractivity contribution in [2.75, 3.05) is 18.4 Å². The van der Waals surface area contributed by atoms with Gasteiger partial charge in [0.15, 0.2) is 0 Å². The Bertz CT molecular complexity index is 850. The topological polar surface area (TPSA) is 127 Å². The number of primary sulfonamides is 1. The molecule has 1 aromatic carbocycles. The maximum atomic E-state index is 12.1. The van der Waals surface area contributed by atoms with Gasteiger partial charge in [0.25, 0.3) is 5.91 Å². The van der Waals surface area contributed by atoms with Gasteiger partial charge in [-0.2, -0.15) is 0 Å². The zero-order valence-corrected chi connectivity index (χ0v) is 16.3. The largest absolute Gasteiger partial charge is 0.354 e. The van der Waals surface area contributed by atoms with Crippen LogP contribution in [0.5, 0.6) is 0 Å². The molecule has 0 spiro atoms. The van der Waals surface area contributed by atoms with Crippen molar-refractivity contribution in [3.63, 3.8) is 0 Å². The molecule has 9 heteroatoms. The molecule has 1 amide bonds. The molecule has 0 atom stereocenters. The SMILES string of the molecule is CC(C)CCNc1ncc(C(=O)NCCc2ccc(S(N)(=O)=O)cc2)cn1. The summed E-state index contributed by atoms with van der Waals surface area (Å²) in [7, 11) is -3.69. The number of rotatable bonds is 9. The Labute approximate surface area is 159 Å². The number of hydrogen-bond acceptors (Lipinski definition) is 6. The Kier molecular flexibility index (Phi) is 7.26. The Balaban J connectivity index is 1.80. The molecule has 0 aliphatic heterocycles. The molecular formula is C18H25N5O3S. The van der Waals surface area contributed by atoms with Gasteiger partial charge in [0, 0.05) is 25.5 Å². The lowest BCUT2D eigenvalue weighted by Gasteiger charge is -2.08. The van der Waals surface area contributed by atoms with Crippen LogP contribution in [0.1, 0.15) is 36.2 Å². The van der Waals surface area contributed by atoms with Gasteiger partial charge in [-0.15, -0.1) is 0 Å². The summed E-state index contributed by atoms with van der Waals surface area (Å²) in [6, 6.07) is 6.25. The molecule has 1 aromatic heterocycles. The predicted molar refractivity (Wildman–Crippen MR) is 104 cm³/mol. The lowest BCUT2D eigenvalue weighted by atomic mass is 10.1. The van der Waals surface area contributed by atoms with E-state index in [9.17, 15) is 13.2 Å². The van der Waals surface area contributed by atoms with Gasteiger partial charge in [-0.05, 0) is 36.5 Å². The van der Waals surface area contributed by atoms with Crippen LogP contribution in [0.25, 0.3) is 0 Å². The maximum absolute atomic E-state index is 12.1. The highest BCUT2D eigenvalue weighted by atomic mass is 32.2. The molecule has 0 aliphatic carbocycles. The molecule has 0 bridgehead atoms. The summed E-state index contributed by atoms with van der Waals surface area (Å²) in [5.41, 5.74) is 1.28. The van der Waals surface area contributed by atoms with Gasteiger partial charge in [-0.1, -0.05) is 26.0 Å². The smallest absolute Gasteiger partial charge is 0.254 e. The number of nitrogens with zero attached hydrogens (tertiary/aromatic N) is 2. The molecular weight excluding hydrogens is 366 g/mol. The van der Waals surface area contributed by atoms with Gasteiger partial charge in [-0.25, -0.2) is 23.5 Å². The number of benzene rings is 1. The number of carbonyl (C=O) groups excluding carboxylic acids is 1. The van der Waals surface area contributed by atoms with Gasteiger partial charge in [0.05, 0.1) is 10.5 Å². The van der Waals surface area contributed by atoms with Crippen LogP contribution in [-0.2, 0) is 16.4 Å². The summed E-state index contributed by atoms with van der Waals surface area (Å²) in [5, 5.41) is 11.0. The predicted octanol–water partition coefficient (Wildman–Crippen LogP) is 1.55. The van der Waals surface area contributed by atoms with E-state index in [0.717, 1.165) is 18.5 Å². The molecule has 2 rings (SSSR count). The maximum Gasteiger partial charge on any atom is 0.254 e. The van der Waals surface area contributed by atoms with Crippen LogP contribution >= 0.6 is 0 Å². The molecule has 0 aliphatic rings. The van der Waals surface area contributed by atoms with Crippen molar-refractivity contribution in [1.82, 2.24) is 15.3 Å². The van der Waals surface area contributed by atoms with E-state index in [2.05, 4.69) is 34.4 Å². The van der Waals surface area contributed by atoms with Crippen molar-refractivity contribution in [2.24, 2.45) is 11.1 Å². The molecule has 4 N–H and O–H groups in total. The fourth-order valence-corrected chi connectivity index (χ4v) is 2.79. The first-order valence-corrected chi connectivity index (χ1v) is 10.3. The Morgan fingerprint density at radius 1 is 1.11 bits per heavy atom. The van der Waals surface area contributed by atoms with Crippen LogP contribution in [0.15, 0.2) is 41.6 Å². The van der Waals surface area contributed by atoms with Crippen LogP contribution in [0.3, 0.4) is 0 Å². The third kappa shape index (κ3) is 6.95. The van der Waals surface area contributed by atoms with Crippen molar-refractivity contribution in [2.45, 2.75) is 31.6 Å². The first-order chi connectivity index (χ1) is 12.8. The Hall–Kier alpha value is -2.52. The van der Waals surface area contributed by atoms with Crippen molar-refractivity contribution in [3.05, 3.63) is 47.8 Å². The Morgan fingerprint density at radius 3 is 2.30 bits per heavy atom. The first-order valence-electron chi connectivity index (χ1n) is 8.71. The lowest BCUT2D eigenvalue weighted by Crippen LogP contribution is -2.26. The normalized spacial score (nSPS) is 11.4. The summed E-state index contributed by atoms with van der Waals surface area (Å²) in [6.07, 6.45) is 4.55. The van der Waals surface area contributed by atoms with Gasteiger partial charge in [0.1, 0.15) is 0 Å². The average molecular weight is 391 g/mol. The molecule has 0 radical (unpaired) electrons. The van der Waals surface area contributed by atoms with Crippen molar-refractivity contribution >= 4 is 21.9 Å². The highest BCUT2D eigenvalue weighted by Gasteiger charge is 2.08. The fourth-order valence-electron chi connectivity index (χ4n) is 2.28. The fraction of sp³-hybridized carbons (Fsp3) is 0.389. The summed E-state index contributed by atoms with van der Waals surface area (Å²) in [6.45, 7) is 5.48. The number of nitrogens with one attached hydrogen (secondary N) is 2. The van der Waals surface area contributed by atoms with Crippen molar-refractivity contribution < 1.29 is 13.2 Å². The third-order valence-electron chi connectivity index (χ3n) is 3.87. The van der Waals surface area contributed by atoms with E-state index in [1.807, 2.05) is 0 Å². The number of hydrogen-bond donors (Lipinski definition) is 3. The zero-order valence-electron chi connectivity index (χ0n) is 15.5. The average Bonchev–Trinajstić information content (AvgIpc) is 2.61. The monoisotopic (exact) mass is 391 g/mol. The molecule has 146 valence electrons. The van der Waals surface area contributed by atoms with E-state index < -0.39 is 10.0 Å². The van der Waals surface area contributed by atoms with Crippen molar-refractivity contribution in [3.8, 4) is 0 Å². The standard InChI is InChI=1S/C18H25N5O3S/c1-13(2)7-9-21-18-22-11-15(12-23-18)17(24)20-10-8-14-3-5-16(6-4-14)27(19,25)26/h3-6,11-13H,7-10H2,1-2H3,(H,20,24)(H2,19,25,26)(H,21,22,23). The summed E-state index contributed by atoms with van der Waals surface area (Å²) < 4.78 is 22.4. The van der Waals surface area contributed by atoms with E-state index in [-0.39, 0.29) is 10.8 Å². The highest BCUT2D eigenvalue weighted by Crippen LogP contribution is 2.09. The van der Waals surface area contributed by atoms with E-state index in [0.29, 0.717) is 30.4 Å². The summed E-state index contributed by atoms with van der Waals surface area (Å²) >= 11 is 0. The highest BCUT2D eigenvalue weighted by molar-refractivity contribution is 7.89. The minimum atomic E-state index is -3.69. The second-order valence-electron chi connectivity index (χ2n) is 6.60. The number of aromatic nitrogens is 2. The third-order valence-corrected chi connectivity index (χ3v) is 4.80. The lowest BCUT2D eigenvalue weighted by molar-refractivity contribution is 0.0953. The second kappa shape index (κ2) is 9.43. The molecule has 8 nitrogen and oxygen atoms in total. The van der Waals surface area contributed by atoms with Crippen LogP contribution in [-0.4, -0.2) is 37.4 Å². The van der Waals surface area contributed by atoms with E-state index in [1.54, 1.807) is 12.1 Å². The van der Waals surface area contributed by atoms with Crippen LogP contribution < -0.4 is 15.8 Å². The van der Waals surface area contributed by atoms with Gasteiger partial charge in [0.2, 0.25) is 16.0 Å². The second-order valence-corrected chi connectivity index (χ2v) is 8.16. The van der Waals surface area contributed by atoms with Crippen LogP contribution in [0, 0.1) is 5.92 Å². The van der Waals surface area contributed by atoms with Crippen LogP contribution in [0.2, 0.25) is 0 Å². The molecule has 2 aromatic rings. The molecule has 0 saturated heterocycles. The number of sulfonamides is 1. The van der Waals surface area contributed by atoms with E-state index in [4.69, 9.17) is 5.14 Å². The van der Waals surface area contributed by atoms with E-state index in [1.165, 1.54) is 24.5 Å². The minimum Gasteiger partial charge on any atom is -0.354 e. The minimum absolute atomic E-state index is 0.0644. The quantitative estimate of drug-likeness (QED) is 0.595. The molecule has 1 heterocycles. The molecule has 27 heavy (non-hydrogen) atoms. The first kappa shape index (κ1) is 20.8. The van der Waals surface area contributed by atoms with Gasteiger partial charge in [-0.3, -0.25) is 4.79 Å².